The number of thiazole rings is 1. The second-order valence-corrected chi connectivity index (χ2v) is 6.87. The molecule has 0 aliphatic rings. The maximum atomic E-state index is 13.6. The number of hydrogen-bond acceptors (Lipinski definition) is 4. The van der Waals surface area contributed by atoms with Crippen LogP contribution in [-0.4, -0.2) is 16.9 Å². The highest BCUT2D eigenvalue weighted by Gasteiger charge is 2.15. The van der Waals surface area contributed by atoms with Crippen molar-refractivity contribution in [3.05, 3.63) is 64.5 Å². The van der Waals surface area contributed by atoms with Gasteiger partial charge in [0.1, 0.15) is 17.7 Å². The lowest BCUT2D eigenvalue weighted by Crippen LogP contribution is -2.32. The van der Waals surface area contributed by atoms with Gasteiger partial charge in [-0.2, -0.15) is 0 Å². The Kier molecular flexibility index (Phi) is 5.27. The number of halogens is 2. The topological polar surface area (TPSA) is 54.0 Å². The molecule has 0 aliphatic heterocycles. The quantitative estimate of drug-likeness (QED) is 0.673. The number of anilines is 2. The molecule has 134 valence electrons. The monoisotopic (exact) mass is 373 g/mol. The molecule has 1 atom stereocenters. The van der Waals surface area contributed by atoms with E-state index >= 15 is 0 Å². The summed E-state index contributed by atoms with van der Waals surface area (Å²) < 4.78 is 26.8. The summed E-state index contributed by atoms with van der Waals surface area (Å²) in [5.74, 6) is -1.77. The van der Waals surface area contributed by atoms with Crippen LogP contribution in [0.1, 0.15) is 11.9 Å². The zero-order valence-electron chi connectivity index (χ0n) is 14.2. The molecule has 1 aromatic heterocycles. The molecule has 0 bridgehead atoms. The van der Waals surface area contributed by atoms with Gasteiger partial charge in [-0.3, -0.25) is 4.79 Å². The van der Waals surface area contributed by atoms with Crippen molar-refractivity contribution in [2.24, 2.45) is 0 Å². The number of carbonyl (C=O) groups excluding carboxylic acids is 1. The van der Waals surface area contributed by atoms with Crippen LogP contribution >= 0.6 is 11.3 Å². The standard InChI is InChI=1S/C19H17F2N3OS/c1-11(19(25)24-17-9-14(20)5-8-16(17)21)22-15-6-3-13(4-7-15)18-10-26-12(2)23-18/h3-11,22H,1-2H3,(H,24,25). The minimum atomic E-state index is -0.685. The van der Waals surface area contributed by atoms with Crippen LogP contribution in [0.25, 0.3) is 11.3 Å². The number of aryl methyl sites for hydroxylation is 1. The molecular weight excluding hydrogens is 356 g/mol. The van der Waals surface area contributed by atoms with Crippen LogP contribution < -0.4 is 10.6 Å². The summed E-state index contributed by atoms with van der Waals surface area (Å²) in [5.41, 5.74) is 2.45. The highest BCUT2D eigenvalue weighted by atomic mass is 32.1. The summed E-state index contributed by atoms with van der Waals surface area (Å²) in [7, 11) is 0. The van der Waals surface area contributed by atoms with E-state index in [1.54, 1.807) is 18.3 Å². The van der Waals surface area contributed by atoms with E-state index < -0.39 is 23.6 Å². The minimum absolute atomic E-state index is 0.183. The molecule has 26 heavy (non-hydrogen) atoms. The lowest BCUT2D eigenvalue weighted by atomic mass is 10.1. The van der Waals surface area contributed by atoms with Crippen molar-refractivity contribution in [1.82, 2.24) is 4.98 Å². The van der Waals surface area contributed by atoms with Gasteiger partial charge in [-0.25, -0.2) is 13.8 Å². The van der Waals surface area contributed by atoms with Crippen LogP contribution in [0.4, 0.5) is 20.2 Å². The van der Waals surface area contributed by atoms with Gasteiger partial charge < -0.3 is 10.6 Å². The zero-order valence-corrected chi connectivity index (χ0v) is 15.0. The Morgan fingerprint density at radius 2 is 1.88 bits per heavy atom. The summed E-state index contributed by atoms with van der Waals surface area (Å²) in [5, 5.41) is 8.40. The van der Waals surface area contributed by atoms with Crippen LogP contribution in [0.3, 0.4) is 0 Å². The maximum Gasteiger partial charge on any atom is 0.246 e. The Morgan fingerprint density at radius 1 is 1.15 bits per heavy atom. The van der Waals surface area contributed by atoms with E-state index in [1.165, 1.54) is 0 Å². The molecule has 3 aromatic rings. The molecule has 1 unspecified atom stereocenters. The van der Waals surface area contributed by atoms with Crippen LogP contribution in [-0.2, 0) is 4.79 Å². The van der Waals surface area contributed by atoms with Gasteiger partial charge in [-0.05, 0) is 38.1 Å². The molecule has 0 saturated heterocycles. The molecule has 0 saturated carbocycles. The maximum absolute atomic E-state index is 13.6. The first kappa shape index (κ1) is 18.0. The average molecular weight is 373 g/mol. The van der Waals surface area contributed by atoms with E-state index in [0.717, 1.165) is 40.2 Å². The van der Waals surface area contributed by atoms with Crippen LogP contribution in [0.2, 0.25) is 0 Å². The fourth-order valence-corrected chi connectivity index (χ4v) is 3.01. The molecule has 0 spiro atoms. The Labute approximate surface area is 153 Å². The van der Waals surface area contributed by atoms with Crippen molar-refractivity contribution >= 4 is 28.6 Å². The number of nitrogens with zero attached hydrogens (tertiary/aromatic N) is 1. The predicted octanol–water partition coefficient (Wildman–Crippen LogP) is 4.84. The highest BCUT2D eigenvalue weighted by Crippen LogP contribution is 2.23. The average Bonchev–Trinajstić information content (AvgIpc) is 3.05. The number of carbonyl (C=O) groups is 1. The molecule has 2 aromatic carbocycles. The number of aromatic nitrogens is 1. The number of nitrogens with one attached hydrogen (secondary N) is 2. The van der Waals surface area contributed by atoms with E-state index in [4.69, 9.17) is 0 Å². The first-order valence-corrected chi connectivity index (χ1v) is 8.85. The van der Waals surface area contributed by atoms with Crippen LogP contribution in [0.15, 0.2) is 47.8 Å². The van der Waals surface area contributed by atoms with Gasteiger partial charge in [-0.1, -0.05) is 12.1 Å². The Bertz CT molecular complexity index is 925. The first-order valence-electron chi connectivity index (χ1n) is 7.97. The summed E-state index contributed by atoms with van der Waals surface area (Å²) in [6.45, 7) is 3.59. The van der Waals surface area contributed by atoms with Crippen LogP contribution in [0.5, 0.6) is 0 Å². The molecule has 4 nitrogen and oxygen atoms in total. The lowest BCUT2D eigenvalue weighted by molar-refractivity contribution is -0.116. The fraction of sp³-hybridized carbons (Fsp3) is 0.158. The third kappa shape index (κ3) is 4.23. The molecule has 7 heteroatoms. The highest BCUT2D eigenvalue weighted by molar-refractivity contribution is 7.09. The Hall–Kier alpha value is -2.80. The number of benzene rings is 2. The van der Waals surface area contributed by atoms with Gasteiger partial charge in [-0.15, -0.1) is 11.3 Å². The predicted molar refractivity (Wildman–Crippen MR) is 100 cm³/mol. The Balaban J connectivity index is 1.64. The second-order valence-electron chi connectivity index (χ2n) is 5.81. The molecule has 3 rings (SSSR count). The van der Waals surface area contributed by atoms with Crippen molar-refractivity contribution in [3.8, 4) is 11.3 Å². The first-order chi connectivity index (χ1) is 12.4. The lowest BCUT2D eigenvalue weighted by Gasteiger charge is -2.16. The SMILES string of the molecule is Cc1nc(-c2ccc(NC(C)C(=O)Nc3cc(F)ccc3F)cc2)cs1. The number of hydrogen-bond donors (Lipinski definition) is 2. The smallest absolute Gasteiger partial charge is 0.246 e. The summed E-state index contributed by atoms with van der Waals surface area (Å²) in [6, 6.07) is 9.80. The third-order valence-corrected chi connectivity index (χ3v) is 4.54. The van der Waals surface area contributed by atoms with E-state index in [2.05, 4.69) is 15.6 Å². The summed E-state index contributed by atoms with van der Waals surface area (Å²) in [6.07, 6.45) is 0. The van der Waals surface area contributed by atoms with Crippen molar-refractivity contribution in [2.75, 3.05) is 10.6 Å². The van der Waals surface area contributed by atoms with Gasteiger partial charge in [0, 0.05) is 22.7 Å². The minimum Gasteiger partial charge on any atom is -0.374 e. The molecule has 0 fully saturated rings. The van der Waals surface area contributed by atoms with Crippen molar-refractivity contribution < 1.29 is 13.6 Å². The van der Waals surface area contributed by atoms with Gasteiger partial charge in [0.15, 0.2) is 0 Å². The number of amides is 1. The molecule has 0 aliphatic carbocycles. The van der Waals surface area contributed by atoms with Gasteiger partial charge in [0.2, 0.25) is 5.91 Å². The van der Waals surface area contributed by atoms with Gasteiger partial charge >= 0.3 is 0 Å². The van der Waals surface area contributed by atoms with E-state index in [0.29, 0.717) is 0 Å². The van der Waals surface area contributed by atoms with Crippen molar-refractivity contribution in [3.63, 3.8) is 0 Å². The fourth-order valence-electron chi connectivity index (χ4n) is 2.38. The molecule has 1 heterocycles. The van der Waals surface area contributed by atoms with E-state index in [9.17, 15) is 13.6 Å². The number of rotatable bonds is 5. The zero-order chi connectivity index (χ0) is 18.7. The van der Waals surface area contributed by atoms with E-state index in [1.807, 2.05) is 36.6 Å². The second kappa shape index (κ2) is 7.61. The van der Waals surface area contributed by atoms with Gasteiger partial charge in [0.25, 0.3) is 0 Å². The van der Waals surface area contributed by atoms with Crippen molar-refractivity contribution in [2.45, 2.75) is 19.9 Å². The van der Waals surface area contributed by atoms with E-state index in [-0.39, 0.29) is 5.69 Å². The third-order valence-electron chi connectivity index (χ3n) is 3.76. The van der Waals surface area contributed by atoms with Crippen molar-refractivity contribution in [1.29, 1.82) is 0 Å². The molecule has 2 N–H and O–H groups in total. The molecular formula is C19H17F2N3OS. The normalized spacial score (nSPS) is 11.8. The molecule has 0 radical (unpaired) electrons. The Morgan fingerprint density at radius 3 is 2.54 bits per heavy atom. The summed E-state index contributed by atoms with van der Waals surface area (Å²) >= 11 is 1.58. The molecule has 1 amide bonds. The van der Waals surface area contributed by atoms with Crippen LogP contribution in [0, 0.1) is 18.6 Å². The van der Waals surface area contributed by atoms with Gasteiger partial charge in [0.05, 0.1) is 16.4 Å². The summed E-state index contributed by atoms with van der Waals surface area (Å²) in [4.78, 5) is 16.6. The largest absolute Gasteiger partial charge is 0.374 e.